The molecule has 180 valence electrons. The molecule has 0 aliphatic carbocycles. The van der Waals surface area contributed by atoms with Crippen molar-refractivity contribution >= 4 is 11.8 Å². The van der Waals surface area contributed by atoms with Gasteiger partial charge < -0.3 is 23.9 Å². The van der Waals surface area contributed by atoms with Crippen molar-refractivity contribution in [3.63, 3.8) is 0 Å². The molecule has 9 heteroatoms. The van der Waals surface area contributed by atoms with Crippen LogP contribution in [0.5, 0.6) is 5.75 Å². The number of carbonyl (C=O) groups is 2. The number of hydrogen-bond acceptors (Lipinski definition) is 7. The summed E-state index contributed by atoms with van der Waals surface area (Å²) in [6, 6.07) is 9.17. The van der Waals surface area contributed by atoms with E-state index in [2.05, 4.69) is 15.5 Å². The zero-order valence-corrected chi connectivity index (χ0v) is 19.4. The summed E-state index contributed by atoms with van der Waals surface area (Å²) in [6.07, 6.45) is 7.96. The summed E-state index contributed by atoms with van der Waals surface area (Å²) in [5.74, 6) is 1.73. The molecule has 1 unspecified atom stereocenters. The van der Waals surface area contributed by atoms with Gasteiger partial charge in [-0.2, -0.15) is 4.98 Å². The number of hydrogen-bond donors (Lipinski definition) is 1. The molecule has 1 atom stereocenters. The van der Waals surface area contributed by atoms with E-state index in [-0.39, 0.29) is 17.7 Å². The Balaban J connectivity index is 1.13. The van der Waals surface area contributed by atoms with Crippen LogP contribution < -0.4 is 10.1 Å². The molecule has 2 amide bonds. The Morgan fingerprint density at radius 2 is 2.03 bits per heavy atom. The molecule has 1 saturated heterocycles. The fourth-order valence-corrected chi connectivity index (χ4v) is 4.09. The SMILES string of the molecule is COc1ccc(-c2noc(CCCCCNC(=O)C3CCCN(C(=O)c4ccoc4)C3)n2)cc1. The number of carbonyl (C=O) groups excluding carboxylic acids is 2. The van der Waals surface area contributed by atoms with Crippen LogP contribution in [0, 0.1) is 5.92 Å². The largest absolute Gasteiger partial charge is 0.497 e. The normalized spacial score (nSPS) is 15.8. The standard InChI is InChI=1S/C25H30N4O5/c1-32-21-10-8-18(9-11-21)23-27-22(34-28-23)7-3-2-4-13-26-24(30)19-6-5-14-29(16-19)25(31)20-12-15-33-17-20/h8-12,15,17,19H,2-7,13-14,16H2,1H3,(H,26,30). The molecule has 4 rings (SSSR count). The fourth-order valence-electron chi connectivity index (χ4n) is 4.09. The second-order valence-electron chi connectivity index (χ2n) is 8.44. The van der Waals surface area contributed by atoms with Gasteiger partial charge >= 0.3 is 0 Å². The van der Waals surface area contributed by atoms with E-state index in [1.807, 2.05) is 24.3 Å². The highest BCUT2D eigenvalue weighted by Crippen LogP contribution is 2.21. The van der Waals surface area contributed by atoms with E-state index in [0.29, 0.717) is 43.3 Å². The second-order valence-corrected chi connectivity index (χ2v) is 8.44. The maximum absolute atomic E-state index is 12.6. The maximum Gasteiger partial charge on any atom is 0.257 e. The number of unbranched alkanes of at least 4 members (excludes halogenated alkanes) is 2. The minimum Gasteiger partial charge on any atom is -0.497 e. The molecule has 0 saturated carbocycles. The van der Waals surface area contributed by atoms with Crippen LogP contribution in [0.1, 0.15) is 48.4 Å². The molecule has 0 bridgehead atoms. The number of amides is 2. The lowest BCUT2D eigenvalue weighted by Crippen LogP contribution is -2.45. The number of ether oxygens (including phenoxy) is 1. The number of piperidine rings is 1. The van der Waals surface area contributed by atoms with Crippen LogP contribution in [-0.2, 0) is 11.2 Å². The predicted octanol–water partition coefficient (Wildman–Crippen LogP) is 3.72. The Bertz CT molecular complexity index is 1060. The summed E-state index contributed by atoms with van der Waals surface area (Å²) in [7, 11) is 1.63. The second kappa shape index (κ2) is 11.5. The lowest BCUT2D eigenvalue weighted by Gasteiger charge is -2.31. The van der Waals surface area contributed by atoms with Crippen LogP contribution in [0.2, 0.25) is 0 Å². The molecule has 1 aliphatic heterocycles. The number of benzene rings is 1. The lowest BCUT2D eigenvalue weighted by molar-refractivity contribution is -0.126. The Morgan fingerprint density at radius 3 is 2.79 bits per heavy atom. The molecule has 0 spiro atoms. The molecule has 34 heavy (non-hydrogen) atoms. The van der Waals surface area contributed by atoms with Gasteiger partial charge in [0.1, 0.15) is 12.0 Å². The summed E-state index contributed by atoms with van der Waals surface area (Å²) in [6.45, 7) is 1.74. The number of nitrogens with zero attached hydrogens (tertiary/aromatic N) is 3. The predicted molar refractivity (Wildman–Crippen MR) is 124 cm³/mol. The van der Waals surface area contributed by atoms with Gasteiger partial charge in [-0.3, -0.25) is 9.59 Å². The Kier molecular flexibility index (Phi) is 7.95. The highest BCUT2D eigenvalue weighted by atomic mass is 16.5. The molecule has 3 aromatic rings. The highest BCUT2D eigenvalue weighted by molar-refractivity contribution is 5.94. The van der Waals surface area contributed by atoms with Crippen LogP contribution in [0.15, 0.2) is 51.8 Å². The Labute approximate surface area is 198 Å². The van der Waals surface area contributed by atoms with Gasteiger partial charge in [0.05, 0.1) is 24.9 Å². The number of likely N-dealkylation sites (tertiary alicyclic amines) is 1. The van der Waals surface area contributed by atoms with E-state index in [1.54, 1.807) is 18.1 Å². The van der Waals surface area contributed by atoms with Crippen LogP contribution in [0.25, 0.3) is 11.4 Å². The van der Waals surface area contributed by atoms with Gasteiger partial charge in [-0.05, 0) is 56.0 Å². The highest BCUT2D eigenvalue weighted by Gasteiger charge is 2.29. The van der Waals surface area contributed by atoms with Gasteiger partial charge in [0.25, 0.3) is 5.91 Å². The van der Waals surface area contributed by atoms with Crippen LogP contribution in [-0.4, -0.2) is 53.6 Å². The Morgan fingerprint density at radius 1 is 1.18 bits per heavy atom. The number of furan rings is 1. The zero-order chi connectivity index (χ0) is 23.8. The average Bonchev–Trinajstić information content (AvgIpc) is 3.58. The number of methoxy groups -OCH3 is 1. The van der Waals surface area contributed by atoms with Crippen molar-refractivity contribution in [2.24, 2.45) is 5.92 Å². The topological polar surface area (TPSA) is 111 Å². The van der Waals surface area contributed by atoms with E-state index < -0.39 is 0 Å². The monoisotopic (exact) mass is 466 g/mol. The van der Waals surface area contributed by atoms with Gasteiger partial charge in [-0.25, -0.2) is 0 Å². The van der Waals surface area contributed by atoms with Crippen molar-refractivity contribution in [3.8, 4) is 17.1 Å². The summed E-state index contributed by atoms with van der Waals surface area (Å²) in [5, 5.41) is 7.07. The lowest BCUT2D eigenvalue weighted by atomic mass is 9.96. The smallest absolute Gasteiger partial charge is 0.257 e. The van der Waals surface area contributed by atoms with Crippen molar-refractivity contribution < 1.29 is 23.3 Å². The maximum atomic E-state index is 12.6. The molecule has 1 aromatic carbocycles. The number of nitrogens with one attached hydrogen (secondary N) is 1. The fraction of sp³-hybridized carbons (Fsp3) is 0.440. The average molecular weight is 467 g/mol. The van der Waals surface area contributed by atoms with E-state index in [1.165, 1.54) is 12.5 Å². The first-order valence-corrected chi connectivity index (χ1v) is 11.7. The summed E-state index contributed by atoms with van der Waals surface area (Å²) in [5.41, 5.74) is 1.41. The van der Waals surface area contributed by atoms with Crippen molar-refractivity contribution in [1.82, 2.24) is 20.4 Å². The summed E-state index contributed by atoms with van der Waals surface area (Å²) in [4.78, 5) is 31.3. The van der Waals surface area contributed by atoms with Crippen molar-refractivity contribution in [1.29, 1.82) is 0 Å². The van der Waals surface area contributed by atoms with Gasteiger partial charge in [0, 0.05) is 31.6 Å². The van der Waals surface area contributed by atoms with Gasteiger partial charge in [-0.15, -0.1) is 0 Å². The van der Waals surface area contributed by atoms with Crippen LogP contribution >= 0.6 is 0 Å². The molecule has 2 aromatic heterocycles. The molecular formula is C25H30N4O5. The minimum atomic E-state index is -0.167. The molecule has 1 aliphatic rings. The summed E-state index contributed by atoms with van der Waals surface area (Å²) >= 11 is 0. The van der Waals surface area contributed by atoms with Gasteiger partial charge in [0.15, 0.2) is 0 Å². The molecular weight excluding hydrogens is 436 g/mol. The van der Waals surface area contributed by atoms with E-state index in [9.17, 15) is 9.59 Å². The molecule has 3 heterocycles. The summed E-state index contributed by atoms with van der Waals surface area (Å²) < 4.78 is 15.5. The van der Waals surface area contributed by atoms with Crippen molar-refractivity contribution in [2.75, 3.05) is 26.7 Å². The van der Waals surface area contributed by atoms with E-state index in [0.717, 1.165) is 43.4 Å². The van der Waals surface area contributed by atoms with Crippen molar-refractivity contribution in [2.45, 2.75) is 38.5 Å². The van der Waals surface area contributed by atoms with E-state index in [4.69, 9.17) is 13.7 Å². The molecule has 1 N–H and O–H groups in total. The number of aromatic nitrogens is 2. The molecule has 9 nitrogen and oxygen atoms in total. The third-order valence-corrected chi connectivity index (χ3v) is 6.03. The first-order chi connectivity index (χ1) is 16.6. The zero-order valence-electron chi connectivity index (χ0n) is 19.4. The van der Waals surface area contributed by atoms with Crippen molar-refractivity contribution in [3.05, 3.63) is 54.3 Å². The first kappa shape index (κ1) is 23.5. The van der Waals surface area contributed by atoms with Crippen LogP contribution in [0.3, 0.4) is 0 Å². The first-order valence-electron chi connectivity index (χ1n) is 11.7. The Hall–Kier alpha value is -3.62. The number of aryl methyl sites for hydroxylation is 1. The van der Waals surface area contributed by atoms with E-state index >= 15 is 0 Å². The molecule has 0 radical (unpaired) electrons. The molecule has 1 fully saturated rings. The van der Waals surface area contributed by atoms with Gasteiger partial charge in [-0.1, -0.05) is 11.6 Å². The van der Waals surface area contributed by atoms with Crippen LogP contribution in [0.4, 0.5) is 0 Å². The minimum absolute atomic E-state index is 0.0192. The third-order valence-electron chi connectivity index (χ3n) is 6.03. The van der Waals surface area contributed by atoms with Gasteiger partial charge in [0.2, 0.25) is 17.6 Å². The quantitative estimate of drug-likeness (QED) is 0.453. The third kappa shape index (κ3) is 6.03. The number of rotatable bonds is 10.